The first-order valence-electron chi connectivity index (χ1n) is 12.8. The molecular formula is C32H26N4O3S2. The number of amides is 1. The van der Waals surface area contributed by atoms with Gasteiger partial charge in [-0.3, -0.25) is 4.79 Å². The molecule has 0 spiro atoms. The topological polar surface area (TPSA) is 97.1 Å². The molecule has 41 heavy (non-hydrogen) atoms. The average Bonchev–Trinajstić information content (AvgIpc) is 3.49. The van der Waals surface area contributed by atoms with E-state index in [1.807, 2.05) is 90.3 Å². The Morgan fingerprint density at radius 1 is 0.902 bits per heavy atom. The maximum Gasteiger partial charge on any atom is 0.226 e. The Bertz CT molecular complexity index is 1700. The molecular weight excluding hydrogens is 553 g/mol. The van der Waals surface area contributed by atoms with Crippen molar-refractivity contribution in [1.82, 2.24) is 9.97 Å². The van der Waals surface area contributed by atoms with E-state index in [0.29, 0.717) is 44.2 Å². The number of methoxy groups -OCH3 is 2. The second-order valence-electron chi connectivity index (χ2n) is 8.83. The van der Waals surface area contributed by atoms with E-state index in [2.05, 4.69) is 16.4 Å². The molecule has 0 atom stereocenters. The first-order valence-corrected chi connectivity index (χ1v) is 14.6. The number of thiazole rings is 1. The third-order valence-corrected chi connectivity index (χ3v) is 7.99. The zero-order chi connectivity index (χ0) is 28.6. The molecule has 1 amide bonds. The Labute approximate surface area is 246 Å². The molecule has 0 unspecified atom stereocenters. The Morgan fingerprint density at radius 3 is 2.27 bits per heavy atom. The van der Waals surface area contributed by atoms with Crippen LogP contribution in [0.5, 0.6) is 11.5 Å². The molecule has 0 aliphatic rings. The number of aromatic nitrogens is 2. The smallest absolute Gasteiger partial charge is 0.226 e. The summed E-state index contributed by atoms with van der Waals surface area (Å²) in [4.78, 5) is 22.1. The van der Waals surface area contributed by atoms with Crippen molar-refractivity contribution in [3.05, 3.63) is 95.9 Å². The quantitative estimate of drug-likeness (QED) is 0.171. The van der Waals surface area contributed by atoms with Crippen molar-refractivity contribution in [2.75, 3.05) is 25.3 Å². The van der Waals surface area contributed by atoms with Gasteiger partial charge in [0.2, 0.25) is 5.91 Å². The van der Waals surface area contributed by atoms with Gasteiger partial charge in [-0.05, 0) is 24.3 Å². The third-order valence-electron chi connectivity index (χ3n) is 6.25. The lowest BCUT2D eigenvalue weighted by Gasteiger charge is -2.15. The van der Waals surface area contributed by atoms with Gasteiger partial charge in [0.25, 0.3) is 0 Å². The van der Waals surface area contributed by atoms with Crippen LogP contribution in [-0.2, 0) is 4.79 Å². The van der Waals surface area contributed by atoms with Gasteiger partial charge < -0.3 is 14.8 Å². The number of rotatable bonds is 10. The van der Waals surface area contributed by atoms with Gasteiger partial charge in [0.15, 0.2) is 5.13 Å². The maximum atomic E-state index is 12.8. The molecule has 0 fully saturated rings. The van der Waals surface area contributed by atoms with Crippen LogP contribution in [-0.4, -0.2) is 35.8 Å². The van der Waals surface area contributed by atoms with Gasteiger partial charge in [-0.15, -0.1) is 23.1 Å². The number of carbonyl (C=O) groups is 1. The number of thioether (sulfide) groups is 1. The van der Waals surface area contributed by atoms with E-state index in [0.717, 1.165) is 22.4 Å². The van der Waals surface area contributed by atoms with Gasteiger partial charge in [-0.1, -0.05) is 60.7 Å². The SMILES string of the molecule is COc1ccc(OC)c(-c2cc(-c3ccccc3)nc(SCCC(=O)Nc3nc(-c4ccccc4)cs3)c2C#N)c1. The van der Waals surface area contributed by atoms with Crippen molar-refractivity contribution in [1.29, 1.82) is 5.26 Å². The summed E-state index contributed by atoms with van der Waals surface area (Å²) in [5.74, 6) is 1.53. The first-order chi connectivity index (χ1) is 20.1. The molecule has 0 bridgehead atoms. The Morgan fingerprint density at radius 2 is 1.61 bits per heavy atom. The number of benzene rings is 3. The Kier molecular flexibility index (Phi) is 8.94. The van der Waals surface area contributed by atoms with Crippen LogP contribution in [0.25, 0.3) is 33.6 Å². The second-order valence-corrected chi connectivity index (χ2v) is 10.8. The molecule has 9 heteroatoms. The molecule has 2 aromatic heterocycles. The molecule has 3 aromatic carbocycles. The van der Waals surface area contributed by atoms with Gasteiger partial charge in [0.1, 0.15) is 22.6 Å². The third kappa shape index (κ3) is 6.57. The predicted octanol–water partition coefficient (Wildman–Crippen LogP) is 7.55. The van der Waals surface area contributed by atoms with Crippen molar-refractivity contribution in [2.24, 2.45) is 0 Å². The van der Waals surface area contributed by atoms with Gasteiger partial charge in [0.05, 0.1) is 31.2 Å². The van der Waals surface area contributed by atoms with Crippen LogP contribution < -0.4 is 14.8 Å². The number of anilines is 1. The highest BCUT2D eigenvalue weighted by Crippen LogP contribution is 2.40. The van der Waals surface area contributed by atoms with Crippen LogP contribution in [0.2, 0.25) is 0 Å². The minimum Gasteiger partial charge on any atom is -0.497 e. The van der Waals surface area contributed by atoms with Crippen molar-refractivity contribution in [3.8, 4) is 51.2 Å². The summed E-state index contributed by atoms with van der Waals surface area (Å²) in [7, 11) is 3.19. The first kappa shape index (κ1) is 27.9. The summed E-state index contributed by atoms with van der Waals surface area (Å²) in [5, 5.41) is 16.2. The average molecular weight is 579 g/mol. The zero-order valence-corrected chi connectivity index (χ0v) is 24.1. The molecule has 0 radical (unpaired) electrons. The number of nitrogens with one attached hydrogen (secondary N) is 1. The standard InChI is InChI=1S/C32H26N4O3S2/c1-38-23-13-14-29(39-2)25(17-23)24-18-27(21-9-5-3-6-10-21)34-31(26(24)19-33)40-16-15-30(37)36-32-35-28(20-41-32)22-11-7-4-8-12-22/h3-14,17-18,20H,15-16H2,1-2H3,(H,35,36,37). The fourth-order valence-corrected chi connectivity index (χ4v) is 5.90. The number of ether oxygens (including phenoxy) is 2. The molecule has 0 aliphatic carbocycles. The van der Waals surface area contributed by atoms with E-state index >= 15 is 0 Å². The second kappa shape index (κ2) is 13.1. The van der Waals surface area contributed by atoms with Crippen LogP contribution in [0, 0.1) is 11.3 Å². The highest BCUT2D eigenvalue weighted by molar-refractivity contribution is 7.99. The highest BCUT2D eigenvalue weighted by Gasteiger charge is 2.20. The van der Waals surface area contributed by atoms with Crippen molar-refractivity contribution in [3.63, 3.8) is 0 Å². The lowest BCUT2D eigenvalue weighted by atomic mass is 9.98. The monoisotopic (exact) mass is 578 g/mol. The Hall–Kier alpha value is -4.65. The summed E-state index contributed by atoms with van der Waals surface area (Å²) in [6.45, 7) is 0. The van der Waals surface area contributed by atoms with E-state index in [4.69, 9.17) is 14.5 Å². The molecule has 7 nitrogen and oxygen atoms in total. The van der Waals surface area contributed by atoms with Crippen LogP contribution in [0.1, 0.15) is 12.0 Å². The van der Waals surface area contributed by atoms with Gasteiger partial charge in [-0.2, -0.15) is 5.26 Å². The lowest BCUT2D eigenvalue weighted by Crippen LogP contribution is -2.12. The molecule has 5 aromatic rings. The van der Waals surface area contributed by atoms with Crippen LogP contribution in [0.15, 0.2) is 95.3 Å². The van der Waals surface area contributed by atoms with Crippen LogP contribution in [0.4, 0.5) is 5.13 Å². The molecule has 0 aliphatic heterocycles. The molecule has 2 heterocycles. The van der Waals surface area contributed by atoms with E-state index in [-0.39, 0.29) is 12.3 Å². The molecule has 204 valence electrons. The molecule has 0 saturated heterocycles. The number of hydrogen-bond donors (Lipinski definition) is 1. The number of nitrogens with zero attached hydrogens (tertiary/aromatic N) is 3. The minimum absolute atomic E-state index is 0.154. The number of carbonyl (C=O) groups excluding carboxylic acids is 1. The van der Waals surface area contributed by atoms with Gasteiger partial charge >= 0.3 is 0 Å². The van der Waals surface area contributed by atoms with E-state index in [9.17, 15) is 10.1 Å². The summed E-state index contributed by atoms with van der Waals surface area (Å²) in [5.41, 5.74) is 5.26. The highest BCUT2D eigenvalue weighted by atomic mass is 32.2. The molecule has 1 N–H and O–H groups in total. The predicted molar refractivity (Wildman–Crippen MR) is 164 cm³/mol. The summed E-state index contributed by atoms with van der Waals surface area (Å²) >= 11 is 2.76. The summed E-state index contributed by atoms with van der Waals surface area (Å²) in [6, 6.07) is 29.3. The van der Waals surface area contributed by atoms with E-state index in [1.165, 1.54) is 23.1 Å². The summed E-state index contributed by atoms with van der Waals surface area (Å²) in [6.07, 6.45) is 0.227. The van der Waals surface area contributed by atoms with Crippen molar-refractivity contribution < 1.29 is 14.3 Å². The lowest BCUT2D eigenvalue weighted by molar-refractivity contribution is -0.115. The largest absolute Gasteiger partial charge is 0.497 e. The van der Waals surface area contributed by atoms with Crippen molar-refractivity contribution in [2.45, 2.75) is 11.4 Å². The Balaban J connectivity index is 1.39. The normalized spacial score (nSPS) is 10.6. The van der Waals surface area contributed by atoms with Crippen LogP contribution in [0.3, 0.4) is 0 Å². The van der Waals surface area contributed by atoms with Crippen molar-refractivity contribution >= 4 is 34.1 Å². The number of pyridine rings is 1. The fraction of sp³-hybridized carbons (Fsp3) is 0.125. The molecule has 5 rings (SSSR count). The van der Waals surface area contributed by atoms with E-state index in [1.54, 1.807) is 14.2 Å². The fourth-order valence-electron chi connectivity index (χ4n) is 4.22. The summed E-state index contributed by atoms with van der Waals surface area (Å²) < 4.78 is 11.1. The minimum atomic E-state index is -0.154. The van der Waals surface area contributed by atoms with Gasteiger partial charge in [-0.25, -0.2) is 9.97 Å². The van der Waals surface area contributed by atoms with Crippen LogP contribution >= 0.6 is 23.1 Å². The zero-order valence-electron chi connectivity index (χ0n) is 22.5. The van der Waals surface area contributed by atoms with Gasteiger partial charge in [0, 0.05) is 39.8 Å². The maximum absolute atomic E-state index is 12.8. The molecule has 0 saturated carbocycles. The number of hydrogen-bond acceptors (Lipinski definition) is 8. The number of nitriles is 1. The van der Waals surface area contributed by atoms with E-state index < -0.39 is 0 Å².